The van der Waals surface area contributed by atoms with Crippen molar-refractivity contribution in [2.75, 3.05) is 16.4 Å². The number of para-hydroxylation sites is 1. The second-order valence-electron chi connectivity index (χ2n) is 7.56. The van der Waals surface area contributed by atoms with Crippen LogP contribution in [0.2, 0.25) is 10.0 Å². The van der Waals surface area contributed by atoms with Gasteiger partial charge in [0.1, 0.15) is 0 Å². The van der Waals surface area contributed by atoms with Crippen molar-refractivity contribution in [2.45, 2.75) is 25.0 Å². The molecule has 0 aliphatic rings. The average Bonchev–Trinajstić information content (AvgIpc) is 3.24. The molecule has 0 aliphatic heterocycles. The van der Waals surface area contributed by atoms with Crippen LogP contribution in [-0.2, 0) is 11.3 Å². The first-order chi connectivity index (χ1) is 16.5. The second kappa shape index (κ2) is 11.4. The zero-order chi connectivity index (χ0) is 23.9. The summed E-state index contributed by atoms with van der Waals surface area (Å²) in [5.41, 5.74) is 3.68. The third-order valence-corrected chi connectivity index (χ3v) is 6.48. The predicted molar refractivity (Wildman–Crippen MR) is 140 cm³/mol. The van der Waals surface area contributed by atoms with Crippen molar-refractivity contribution in [1.82, 2.24) is 14.8 Å². The van der Waals surface area contributed by atoms with Gasteiger partial charge in [0.15, 0.2) is 11.0 Å². The molecular formula is C25H23Cl2N5OS. The van der Waals surface area contributed by atoms with Crippen molar-refractivity contribution in [3.05, 3.63) is 94.2 Å². The average molecular weight is 512 g/mol. The number of carbonyl (C=O) groups is 1. The number of halogens is 2. The molecule has 4 aromatic rings. The lowest BCUT2D eigenvalue weighted by atomic mass is 10.2. The van der Waals surface area contributed by atoms with Crippen molar-refractivity contribution >= 4 is 52.2 Å². The fraction of sp³-hybridized carbons (Fsp3) is 0.160. The Morgan fingerprint density at radius 3 is 2.53 bits per heavy atom. The minimum absolute atomic E-state index is 0.149. The highest BCUT2D eigenvalue weighted by atomic mass is 35.5. The zero-order valence-electron chi connectivity index (χ0n) is 18.5. The van der Waals surface area contributed by atoms with Gasteiger partial charge in [-0.1, -0.05) is 70.9 Å². The van der Waals surface area contributed by atoms with Gasteiger partial charge in [-0.05, 0) is 49.4 Å². The summed E-state index contributed by atoms with van der Waals surface area (Å²) in [4.78, 5) is 12.4. The van der Waals surface area contributed by atoms with Gasteiger partial charge < -0.3 is 10.6 Å². The van der Waals surface area contributed by atoms with Gasteiger partial charge in [0.2, 0.25) is 5.91 Å². The quantitative estimate of drug-likeness (QED) is 0.247. The second-order valence-corrected chi connectivity index (χ2v) is 9.47. The highest BCUT2D eigenvalue weighted by Gasteiger charge is 2.15. The molecule has 4 rings (SSSR count). The lowest BCUT2D eigenvalue weighted by Gasteiger charge is -2.12. The van der Waals surface area contributed by atoms with E-state index in [-0.39, 0.29) is 12.3 Å². The summed E-state index contributed by atoms with van der Waals surface area (Å²) >= 11 is 13.6. The van der Waals surface area contributed by atoms with E-state index in [0.717, 1.165) is 22.4 Å². The van der Waals surface area contributed by atoms with Crippen LogP contribution >= 0.6 is 35.0 Å². The normalized spacial score (nSPS) is 10.8. The highest BCUT2D eigenvalue weighted by molar-refractivity contribution is 7.99. The zero-order valence-corrected chi connectivity index (χ0v) is 20.8. The molecule has 2 N–H and O–H groups in total. The van der Waals surface area contributed by atoms with Crippen LogP contribution in [0.5, 0.6) is 0 Å². The van der Waals surface area contributed by atoms with Crippen LogP contribution in [-0.4, -0.2) is 26.4 Å². The Bertz CT molecular complexity index is 1260. The summed E-state index contributed by atoms with van der Waals surface area (Å²) in [6, 6.07) is 23.1. The Labute approximate surface area is 212 Å². The minimum Gasteiger partial charge on any atom is -0.378 e. The summed E-state index contributed by atoms with van der Waals surface area (Å²) in [7, 11) is 0. The topological polar surface area (TPSA) is 71.8 Å². The Balaban J connectivity index is 1.43. The first-order valence-corrected chi connectivity index (χ1v) is 12.4. The predicted octanol–water partition coefficient (Wildman–Crippen LogP) is 6.62. The number of carbonyl (C=O) groups excluding carboxylic acids is 1. The van der Waals surface area contributed by atoms with Gasteiger partial charge in [0.25, 0.3) is 0 Å². The van der Waals surface area contributed by atoms with E-state index in [0.29, 0.717) is 28.0 Å². The van der Waals surface area contributed by atoms with Crippen molar-refractivity contribution < 1.29 is 4.79 Å². The molecule has 0 unspecified atom stereocenters. The summed E-state index contributed by atoms with van der Waals surface area (Å²) in [6.45, 7) is 2.57. The first-order valence-electron chi connectivity index (χ1n) is 10.7. The summed E-state index contributed by atoms with van der Waals surface area (Å²) in [5, 5.41) is 16.7. The van der Waals surface area contributed by atoms with Crippen LogP contribution in [0, 0.1) is 6.92 Å². The van der Waals surface area contributed by atoms with Gasteiger partial charge in [0.05, 0.1) is 17.3 Å². The first kappa shape index (κ1) is 24.1. The van der Waals surface area contributed by atoms with E-state index in [1.165, 1.54) is 17.3 Å². The Morgan fingerprint density at radius 1 is 1.00 bits per heavy atom. The standard InChI is InChI=1S/C25H23Cl2N5OS/c1-17-7-10-19(11-8-17)28-16-23-30-31-25(32(23)20-5-3-2-4-6-20)34-14-13-24(33)29-22-15-18(26)9-12-21(22)27/h2-12,15,28H,13-14,16H2,1H3,(H,29,33). The SMILES string of the molecule is Cc1ccc(NCc2nnc(SCCC(=O)Nc3cc(Cl)ccc3Cl)n2-c2ccccc2)cc1. The Morgan fingerprint density at radius 2 is 1.76 bits per heavy atom. The van der Waals surface area contributed by atoms with E-state index >= 15 is 0 Å². The number of rotatable bonds is 9. The molecule has 0 spiro atoms. The van der Waals surface area contributed by atoms with E-state index in [2.05, 4.69) is 39.9 Å². The molecule has 0 fully saturated rings. The largest absolute Gasteiger partial charge is 0.378 e. The molecule has 0 saturated heterocycles. The van der Waals surface area contributed by atoms with Crippen LogP contribution in [0.3, 0.4) is 0 Å². The number of aromatic nitrogens is 3. The van der Waals surface area contributed by atoms with Crippen molar-refractivity contribution in [2.24, 2.45) is 0 Å². The van der Waals surface area contributed by atoms with Crippen molar-refractivity contribution in [3.8, 4) is 5.69 Å². The van der Waals surface area contributed by atoms with Gasteiger partial charge in [-0.2, -0.15) is 0 Å². The van der Waals surface area contributed by atoms with Crippen LogP contribution in [0.1, 0.15) is 17.8 Å². The molecule has 1 amide bonds. The molecule has 0 bridgehead atoms. The van der Waals surface area contributed by atoms with Gasteiger partial charge >= 0.3 is 0 Å². The molecule has 9 heteroatoms. The molecule has 3 aromatic carbocycles. The number of hydrogen-bond donors (Lipinski definition) is 2. The van der Waals surface area contributed by atoms with Gasteiger partial charge in [-0.25, -0.2) is 0 Å². The third kappa shape index (κ3) is 6.32. The molecule has 0 atom stereocenters. The van der Waals surface area contributed by atoms with E-state index in [1.54, 1.807) is 18.2 Å². The highest BCUT2D eigenvalue weighted by Crippen LogP contribution is 2.27. The number of hydrogen-bond acceptors (Lipinski definition) is 5. The van der Waals surface area contributed by atoms with Crippen LogP contribution < -0.4 is 10.6 Å². The number of benzene rings is 3. The molecule has 174 valence electrons. The van der Waals surface area contributed by atoms with E-state index in [9.17, 15) is 4.79 Å². The van der Waals surface area contributed by atoms with E-state index < -0.39 is 0 Å². The fourth-order valence-corrected chi connectivity index (χ4v) is 4.48. The maximum atomic E-state index is 12.4. The summed E-state index contributed by atoms with van der Waals surface area (Å²) in [5.74, 6) is 1.16. The number of nitrogens with one attached hydrogen (secondary N) is 2. The van der Waals surface area contributed by atoms with Gasteiger partial charge in [-0.15, -0.1) is 10.2 Å². The maximum absolute atomic E-state index is 12.4. The minimum atomic E-state index is -0.149. The lowest BCUT2D eigenvalue weighted by Crippen LogP contribution is -2.13. The van der Waals surface area contributed by atoms with Crippen LogP contribution in [0.4, 0.5) is 11.4 Å². The molecule has 1 heterocycles. The van der Waals surface area contributed by atoms with Crippen LogP contribution in [0.25, 0.3) is 5.69 Å². The molecule has 34 heavy (non-hydrogen) atoms. The van der Waals surface area contributed by atoms with Gasteiger partial charge in [-0.3, -0.25) is 9.36 Å². The molecule has 0 aliphatic carbocycles. The molecule has 1 aromatic heterocycles. The lowest BCUT2D eigenvalue weighted by molar-refractivity contribution is -0.115. The maximum Gasteiger partial charge on any atom is 0.225 e. The van der Waals surface area contributed by atoms with Crippen molar-refractivity contribution in [1.29, 1.82) is 0 Å². The summed E-state index contributed by atoms with van der Waals surface area (Å²) < 4.78 is 2.01. The Hall–Kier alpha value is -3.00. The third-order valence-electron chi connectivity index (χ3n) is 4.98. The number of amides is 1. The van der Waals surface area contributed by atoms with E-state index in [1.807, 2.05) is 47.0 Å². The van der Waals surface area contributed by atoms with E-state index in [4.69, 9.17) is 23.2 Å². The molecule has 0 saturated carbocycles. The summed E-state index contributed by atoms with van der Waals surface area (Å²) in [6.07, 6.45) is 0.284. The number of anilines is 2. The molecule has 6 nitrogen and oxygen atoms in total. The molecular weight excluding hydrogens is 489 g/mol. The van der Waals surface area contributed by atoms with Crippen LogP contribution in [0.15, 0.2) is 78.0 Å². The number of thioether (sulfide) groups is 1. The monoisotopic (exact) mass is 511 g/mol. The van der Waals surface area contributed by atoms with Gasteiger partial charge in [0, 0.05) is 28.6 Å². The number of aryl methyl sites for hydroxylation is 1. The van der Waals surface area contributed by atoms with Crippen molar-refractivity contribution in [3.63, 3.8) is 0 Å². The number of nitrogens with zero attached hydrogens (tertiary/aromatic N) is 3. The smallest absolute Gasteiger partial charge is 0.225 e. The molecule has 0 radical (unpaired) electrons. The fourth-order valence-electron chi connectivity index (χ4n) is 3.24. The Kier molecular flexibility index (Phi) is 8.11.